The Morgan fingerprint density at radius 2 is 2.06 bits per heavy atom. The lowest BCUT2D eigenvalue weighted by atomic mass is 9.90. The summed E-state index contributed by atoms with van der Waals surface area (Å²) in [5, 5.41) is 3.55. The quantitative estimate of drug-likeness (QED) is 0.860. The zero-order valence-electron chi connectivity index (χ0n) is 9.18. The van der Waals surface area contributed by atoms with E-state index >= 15 is 0 Å². The molecule has 1 unspecified atom stereocenters. The summed E-state index contributed by atoms with van der Waals surface area (Å²) in [6.45, 7) is 3.65. The maximum Gasteiger partial charge on any atom is 0.231 e. The van der Waals surface area contributed by atoms with Gasteiger partial charge < -0.3 is 14.8 Å². The van der Waals surface area contributed by atoms with E-state index in [1.165, 1.54) is 12.0 Å². The van der Waals surface area contributed by atoms with Crippen molar-refractivity contribution in [2.24, 2.45) is 0 Å². The molecule has 2 heterocycles. The molecule has 1 N–H and O–H groups in total. The molecule has 86 valence electrons. The van der Waals surface area contributed by atoms with Crippen LogP contribution in [-0.4, -0.2) is 13.3 Å². The molecule has 0 aromatic heterocycles. The summed E-state index contributed by atoms with van der Waals surface area (Å²) < 4.78 is 11.9. The molecule has 16 heavy (non-hydrogen) atoms. The molecule has 0 bridgehead atoms. The topological polar surface area (TPSA) is 30.5 Å². The van der Waals surface area contributed by atoms with Gasteiger partial charge in [-0.05, 0) is 44.0 Å². The van der Waals surface area contributed by atoms with Crippen molar-refractivity contribution >= 4 is 15.9 Å². The van der Waals surface area contributed by atoms with Gasteiger partial charge in [0.05, 0.1) is 0 Å². The highest BCUT2D eigenvalue weighted by atomic mass is 79.9. The van der Waals surface area contributed by atoms with Crippen LogP contribution in [0.1, 0.15) is 25.3 Å². The zero-order chi connectivity index (χ0) is 11.2. The van der Waals surface area contributed by atoms with Gasteiger partial charge in [0.25, 0.3) is 0 Å². The predicted octanol–water partition coefficient (Wildman–Crippen LogP) is 2.78. The van der Waals surface area contributed by atoms with Gasteiger partial charge in [0.2, 0.25) is 6.79 Å². The van der Waals surface area contributed by atoms with Crippen molar-refractivity contribution in [2.75, 3.05) is 13.3 Å². The first-order chi connectivity index (χ1) is 7.69. The number of halogens is 1. The molecule has 1 aromatic carbocycles. The summed E-state index contributed by atoms with van der Waals surface area (Å²) in [5.41, 5.74) is 1.31. The van der Waals surface area contributed by atoms with E-state index < -0.39 is 0 Å². The largest absolute Gasteiger partial charge is 0.454 e. The zero-order valence-corrected chi connectivity index (χ0v) is 10.8. The molecule has 0 saturated carbocycles. The lowest BCUT2D eigenvalue weighted by Gasteiger charge is -2.26. The lowest BCUT2D eigenvalue weighted by Crippen LogP contribution is -2.33. The molecule has 4 heteroatoms. The molecule has 1 saturated heterocycles. The van der Waals surface area contributed by atoms with E-state index in [4.69, 9.17) is 9.47 Å². The van der Waals surface area contributed by atoms with E-state index in [9.17, 15) is 0 Å². The molecule has 2 aliphatic heterocycles. The molecule has 0 radical (unpaired) electrons. The standard InChI is InChI=1S/C12H14BrNO2/c1-12(3-2-4-14-12)8-5-10-11(6-9(8)13)16-7-15-10/h5-6,14H,2-4,7H2,1H3. The second-order valence-corrected chi connectivity index (χ2v) is 5.40. The highest BCUT2D eigenvalue weighted by Crippen LogP contribution is 2.42. The Kier molecular flexibility index (Phi) is 2.37. The van der Waals surface area contributed by atoms with Crippen LogP contribution in [0.15, 0.2) is 16.6 Å². The highest BCUT2D eigenvalue weighted by Gasteiger charge is 2.33. The third kappa shape index (κ3) is 1.52. The Morgan fingerprint density at radius 1 is 1.31 bits per heavy atom. The van der Waals surface area contributed by atoms with Gasteiger partial charge in [-0.1, -0.05) is 15.9 Å². The molecule has 2 aliphatic rings. The SMILES string of the molecule is CC1(c2cc3c(cc2Br)OCO3)CCCN1. The van der Waals surface area contributed by atoms with E-state index in [1.807, 2.05) is 6.07 Å². The first kappa shape index (κ1) is 10.4. The van der Waals surface area contributed by atoms with E-state index in [1.54, 1.807) is 0 Å². The van der Waals surface area contributed by atoms with Gasteiger partial charge in [0.15, 0.2) is 11.5 Å². The fourth-order valence-electron chi connectivity index (χ4n) is 2.46. The molecule has 0 amide bonds. The van der Waals surface area contributed by atoms with Crippen LogP contribution in [0.3, 0.4) is 0 Å². The Hall–Kier alpha value is -0.740. The fraction of sp³-hybridized carbons (Fsp3) is 0.500. The number of benzene rings is 1. The van der Waals surface area contributed by atoms with Gasteiger partial charge in [-0.15, -0.1) is 0 Å². The van der Waals surface area contributed by atoms with Crippen LogP contribution >= 0.6 is 15.9 Å². The van der Waals surface area contributed by atoms with Crippen LogP contribution in [0.4, 0.5) is 0 Å². The molecular formula is C12H14BrNO2. The summed E-state index contributed by atoms with van der Waals surface area (Å²) in [5.74, 6) is 1.69. The van der Waals surface area contributed by atoms with E-state index in [-0.39, 0.29) is 5.54 Å². The minimum Gasteiger partial charge on any atom is -0.454 e. The Morgan fingerprint density at radius 3 is 2.75 bits per heavy atom. The second-order valence-electron chi connectivity index (χ2n) is 4.55. The minimum atomic E-state index is 0.0554. The van der Waals surface area contributed by atoms with Gasteiger partial charge in [0, 0.05) is 10.0 Å². The van der Waals surface area contributed by atoms with Gasteiger partial charge in [-0.25, -0.2) is 0 Å². The van der Waals surface area contributed by atoms with Gasteiger partial charge in [0.1, 0.15) is 0 Å². The predicted molar refractivity (Wildman–Crippen MR) is 64.9 cm³/mol. The Labute approximate surface area is 103 Å². The number of hydrogen-bond donors (Lipinski definition) is 1. The smallest absolute Gasteiger partial charge is 0.231 e. The van der Waals surface area contributed by atoms with Crippen LogP contribution in [0.2, 0.25) is 0 Å². The average molecular weight is 284 g/mol. The number of fused-ring (bicyclic) bond motifs is 1. The van der Waals surface area contributed by atoms with Gasteiger partial charge >= 0.3 is 0 Å². The van der Waals surface area contributed by atoms with Gasteiger partial charge in [-0.3, -0.25) is 0 Å². The van der Waals surface area contributed by atoms with Gasteiger partial charge in [-0.2, -0.15) is 0 Å². The van der Waals surface area contributed by atoms with Crippen molar-refractivity contribution in [1.82, 2.24) is 5.32 Å². The molecule has 3 rings (SSSR count). The van der Waals surface area contributed by atoms with Crippen molar-refractivity contribution in [2.45, 2.75) is 25.3 Å². The number of hydrogen-bond acceptors (Lipinski definition) is 3. The monoisotopic (exact) mass is 283 g/mol. The van der Waals surface area contributed by atoms with Crippen LogP contribution < -0.4 is 14.8 Å². The summed E-state index contributed by atoms with van der Waals surface area (Å²) in [6, 6.07) is 4.09. The van der Waals surface area contributed by atoms with Crippen molar-refractivity contribution in [1.29, 1.82) is 0 Å². The summed E-state index contributed by atoms with van der Waals surface area (Å²) in [4.78, 5) is 0. The third-order valence-corrected chi connectivity index (χ3v) is 4.08. The van der Waals surface area contributed by atoms with E-state index in [0.717, 1.165) is 28.9 Å². The second kappa shape index (κ2) is 3.64. The number of ether oxygens (including phenoxy) is 2. The molecule has 1 aromatic rings. The van der Waals surface area contributed by atoms with Crippen molar-refractivity contribution in [3.8, 4) is 11.5 Å². The number of nitrogens with one attached hydrogen (secondary N) is 1. The van der Waals surface area contributed by atoms with Crippen LogP contribution in [-0.2, 0) is 5.54 Å². The fourth-order valence-corrected chi connectivity index (χ4v) is 3.22. The molecule has 0 aliphatic carbocycles. The molecule has 0 spiro atoms. The van der Waals surface area contributed by atoms with Crippen molar-refractivity contribution < 1.29 is 9.47 Å². The van der Waals surface area contributed by atoms with Crippen LogP contribution in [0.5, 0.6) is 11.5 Å². The van der Waals surface area contributed by atoms with Crippen molar-refractivity contribution in [3.05, 3.63) is 22.2 Å². The van der Waals surface area contributed by atoms with E-state index in [0.29, 0.717) is 6.79 Å². The Balaban J connectivity index is 2.07. The maximum atomic E-state index is 5.43. The molecule has 1 atom stereocenters. The maximum absolute atomic E-state index is 5.43. The summed E-state index contributed by atoms with van der Waals surface area (Å²) in [6.07, 6.45) is 2.38. The normalized spacial score (nSPS) is 27.4. The summed E-state index contributed by atoms with van der Waals surface area (Å²) in [7, 11) is 0. The first-order valence-electron chi connectivity index (χ1n) is 5.54. The third-order valence-electron chi connectivity index (χ3n) is 3.43. The first-order valence-corrected chi connectivity index (χ1v) is 6.33. The van der Waals surface area contributed by atoms with Crippen LogP contribution in [0, 0.1) is 0 Å². The average Bonchev–Trinajstić information content (AvgIpc) is 2.85. The van der Waals surface area contributed by atoms with Crippen molar-refractivity contribution in [3.63, 3.8) is 0 Å². The van der Waals surface area contributed by atoms with E-state index in [2.05, 4.69) is 34.2 Å². The Bertz CT molecular complexity index is 427. The number of rotatable bonds is 1. The molecular weight excluding hydrogens is 270 g/mol. The minimum absolute atomic E-state index is 0.0554. The lowest BCUT2D eigenvalue weighted by molar-refractivity contribution is 0.174. The summed E-state index contributed by atoms with van der Waals surface area (Å²) >= 11 is 3.62. The molecule has 1 fully saturated rings. The van der Waals surface area contributed by atoms with Crippen LogP contribution in [0.25, 0.3) is 0 Å². The molecule has 3 nitrogen and oxygen atoms in total. The highest BCUT2D eigenvalue weighted by molar-refractivity contribution is 9.10.